The third-order valence-corrected chi connectivity index (χ3v) is 0.903. The minimum absolute atomic E-state index is 0.0820. The molecule has 0 saturated heterocycles. The second kappa shape index (κ2) is 7.84. The van der Waals surface area contributed by atoms with Gasteiger partial charge in [-0.3, -0.25) is 0 Å². The van der Waals surface area contributed by atoms with Gasteiger partial charge in [0, 0.05) is 7.11 Å². The summed E-state index contributed by atoms with van der Waals surface area (Å²) in [6.07, 6.45) is 0. The predicted octanol–water partition coefficient (Wildman–Crippen LogP) is 0.889. The first-order valence-corrected chi connectivity index (χ1v) is 3.24. The summed E-state index contributed by atoms with van der Waals surface area (Å²) in [5.41, 5.74) is 0. The second-order valence-electron chi connectivity index (χ2n) is 1.74. The summed E-state index contributed by atoms with van der Waals surface area (Å²) in [5.74, 6) is 0. The Morgan fingerprint density at radius 3 is 2.27 bits per heavy atom. The molecule has 0 saturated carbocycles. The van der Waals surface area contributed by atoms with Crippen molar-refractivity contribution >= 4 is 0 Å². The van der Waals surface area contributed by atoms with Gasteiger partial charge in [-0.15, -0.1) is 0 Å². The Labute approximate surface area is 64.2 Å². The molecule has 0 amide bonds. The topological polar surface area (TPSA) is 27.7 Å². The van der Waals surface area contributed by atoms with E-state index >= 15 is 0 Å². The van der Waals surface area contributed by atoms with E-state index in [9.17, 15) is 8.78 Å². The lowest BCUT2D eigenvalue weighted by Gasteiger charge is -2.03. The standard InChI is InChI=1S/C6H12F2O3/c1-9-2-3-10-4-5-11-6(7)8/h6H,2-5H2,1H3. The van der Waals surface area contributed by atoms with Crippen LogP contribution in [0.4, 0.5) is 8.78 Å². The van der Waals surface area contributed by atoms with Gasteiger partial charge in [0.15, 0.2) is 0 Å². The molecule has 68 valence electrons. The first kappa shape index (κ1) is 10.7. The van der Waals surface area contributed by atoms with Gasteiger partial charge in [0.05, 0.1) is 26.4 Å². The zero-order chi connectivity index (χ0) is 8.53. The second-order valence-corrected chi connectivity index (χ2v) is 1.74. The van der Waals surface area contributed by atoms with Gasteiger partial charge in [-0.25, -0.2) is 0 Å². The van der Waals surface area contributed by atoms with Crippen molar-refractivity contribution in [1.29, 1.82) is 0 Å². The van der Waals surface area contributed by atoms with Crippen molar-refractivity contribution in [1.82, 2.24) is 0 Å². The molecule has 0 aliphatic heterocycles. The molecule has 0 atom stereocenters. The van der Waals surface area contributed by atoms with Gasteiger partial charge in [-0.05, 0) is 0 Å². The third-order valence-electron chi connectivity index (χ3n) is 0.903. The van der Waals surface area contributed by atoms with Crippen molar-refractivity contribution in [3.05, 3.63) is 0 Å². The first-order valence-electron chi connectivity index (χ1n) is 3.24. The number of alkyl halides is 2. The molecule has 0 aliphatic carbocycles. The van der Waals surface area contributed by atoms with Gasteiger partial charge in [0.1, 0.15) is 0 Å². The molecule has 0 heterocycles. The molecule has 0 rings (SSSR count). The van der Waals surface area contributed by atoms with Crippen molar-refractivity contribution in [3.63, 3.8) is 0 Å². The zero-order valence-corrected chi connectivity index (χ0v) is 6.39. The van der Waals surface area contributed by atoms with E-state index in [1.54, 1.807) is 7.11 Å². The highest BCUT2D eigenvalue weighted by molar-refractivity contribution is 4.29. The molecule has 5 heteroatoms. The van der Waals surface area contributed by atoms with Crippen LogP contribution in [0.2, 0.25) is 0 Å². The van der Waals surface area contributed by atoms with E-state index < -0.39 is 6.61 Å². The Balaban J connectivity index is 2.80. The maximum Gasteiger partial charge on any atom is 0.345 e. The van der Waals surface area contributed by atoms with Crippen molar-refractivity contribution in [2.45, 2.75) is 6.61 Å². The van der Waals surface area contributed by atoms with E-state index in [4.69, 9.17) is 4.74 Å². The predicted molar refractivity (Wildman–Crippen MR) is 34.7 cm³/mol. The van der Waals surface area contributed by atoms with Crippen LogP contribution in [0, 0.1) is 0 Å². The minimum Gasteiger partial charge on any atom is -0.382 e. The highest BCUT2D eigenvalue weighted by Gasteiger charge is 1.99. The summed E-state index contributed by atoms with van der Waals surface area (Å²) >= 11 is 0. The largest absolute Gasteiger partial charge is 0.382 e. The molecular formula is C6H12F2O3. The molecular weight excluding hydrogens is 158 g/mol. The fraction of sp³-hybridized carbons (Fsp3) is 1.00. The van der Waals surface area contributed by atoms with E-state index in [-0.39, 0.29) is 13.2 Å². The van der Waals surface area contributed by atoms with Crippen LogP contribution in [-0.4, -0.2) is 40.1 Å². The van der Waals surface area contributed by atoms with Crippen LogP contribution in [0.1, 0.15) is 0 Å². The van der Waals surface area contributed by atoms with E-state index in [0.717, 1.165) is 0 Å². The van der Waals surface area contributed by atoms with Crippen LogP contribution in [0.5, 0.6) is 0 Å². The van der Waals surface area contributed by atoms with Crippen LogP contribution in [0.3, 0.4) is 0 Å². The summed E-state index contributed by atoms with van der Waals surface area (Å²) in [7, 11) is 1.54. The fourth-order valence-electron chi connectivity index (χ4n) is 0.440. The molecule has 0 unspecified atom stereocenters. The van der Waals surface area contributed by atoms with Crippen molar-refractivity contribution in [2.24, 2.45) is 0 Å². The van der Waals surface area contributed by atoms with E-state index in [0.29, 0.717) is 13.2 Å². The molecule has 0 aromatic heterocycles. The van der Waals surface area contributed by atoms with Gasteiger partial charge in [0.2, 0.25) is 0 Å². The van der Waals surface area contributed by atoms with Gasteiger partial charge in [-0.1, -0.05) is 0 Å². The lowest BCUT2D eigenvalue weighted by Crippen LogP contribution is -2.10. The lowest BCUT2D eigenvalue weighted by atomic mass is 10.7. The van der Waals surface area contributed by atoms with E-state index in [2.05, 4.69) is 9.47 Å². The molecule has 0 aromatic rings. The molecule has 3 nitrogen and oxygen atoms in total. The molecule has 0 fully saturated rings. The smallest absolute Gasteiger partial charge is 0.345 e. The quantitative estimate of drug-likeness (QED) is 0.531. The van der Waals surface area contributed by atoms with Crippen LogP contribution in [0.25, 0.3) is 0 Å². The molecule has 0 bridgehead atoms. The van der Waals surface area contributed by atoms with E-state index in [1.165, 1.54) is 0 Å². The Bertz CT molecular complexity index is 80.2. The summed E-state index contributed by atoms with van der Waals surface area (Å²) in [6, 6.07) is 0. The minimum atomic E-state index is -2.71. The van der Waals surface area contributed by atoms with Crippen LogP contribution < -0.4 is 0 Å². The fourth-order valence-corrected chi connectivity index (χ4v) is 0.440. The zero-order valence-electron chi connectivity index (χ0n) is 6.39. The summed E-state index contributed by atoms with van der Waals surface area (Å²) in [4.78, 5) is 0. The van der Waals surface area contributed by atoms with Gasteiger partial charge >= 0.3 is 6.61 Å². The SMILES string of the molecule is COCCOCCOC(F)F. The highest BCUT2D eigenvalue weighted by Crippen LogP contribution is 1.92. The van der Waals surface area contributed by atoms with Crippen LogP contribution in [0.15, 0.2) is 0 Å². The highest BCUT2D eigenvalue weighted by atomic mass is 19.3. The normalized spacial score (nSPS) is 10.9. The first-order chi connectivity index (χ1) is 5.27. The third kappa shape index (κ3) is 9.74. The number of ether oxygens (including phenoxy) is 3. The van der Waals surface area contributed by atoms with Gasteiger partial charge in [0.25, 0.3) is 0 Å². The summed E-state index contributed by atoms with van der Waals surface area (Å²) in [5, 5.41) is 0. The van der Waals surface area contributed by atoms with Crippen molar-refractivity contribution in [3.8, 4) is 0 Å². The number of hydrogen-bond acceptors (Lipinski definition) is 3. The molecule has 0 N–H and O–H groups in total. The van der Waals surface area contributed by atoms with Crippen LogP contribution >= 0.6 is 0 Å². The maximum absolute atomic E-state index is 11.3. The monoisotopic (exact) mass is 170 g/mol. The number of rotatable bonds is 7. The van der Waals surface area contributed by atoms with Crippen LogP contribution in [-0.2, 0) is 14.2 Å². The molecule has 11 heavy (non-hydrogen) atoms. The Kier molecular flexibility index (Phi) is 7.66. The van der Waals surface area contributed by atoms with E-state index in [1.807, 2.05) is 0 Å². The average molecular weight is 170 g/mol. The summed E-state index contributed by atoms with van der Waals surface area (Å²) in [6.45, 7) is -1.74. The Hall–Kier alpha value is -0.260. The number of hydrogen-bond donors (Lipinski definition) is 0. The van der Waals surface area contributed by atoms with Crippen molar-refractivity contribution in [2.75, 3.05) is 33.5 Å². The molecule has 0 aromatic carbocycles. The number of halogens is 2. The maximum atomic E-state index is 11.3. The van der Waals surface area contributed by atoms with Gasteiger partial charge < -0.3 is 14.2 Å². The molecule has 0 radical (unpaired) electrons. The lowest BCUT2D eigenvalue weighted by molar-refractivity contribution is -0.139. The Morgan fingerprint density at radius 2 is 1.73 bits per heavy atom. The Morgan fingerprint density at radius 1 is 1.09 bits per heavy atom. The van der Waals surface area contributed by atoms with Gasteiger partial charge in [-0.2, -0.15) is 8.78 Å². The number of methoxy groups -OCH3 is 1. The average Bonchev–Trinajstić information content (AvgIpc) is 1.96. The summed E-state index contributed by atoms with van der Waals surface area (Å²) < 4.78 is 36.0. The molecule has 0 spiro atoms. The molecule has 0 aliphatic rings. The van der Waals surface area contributed by atoms with Crippen molar-refractivity contribution < 1.29 is 23.0 Å².